The Kier molecular flexibility index (Phi) is 15.6. The van der Waals surface area contributed by atoms with Gasteiger partial charge in [0.25, 0.3) is 0 Å². The summed E-state index contributed by atoms with van der Waals surface area (Å²) in [6.07, 6.45) is 9.81. The summed E-state index contributed by atoms with van der Waals surface area (Å²) >= 11 is 0. The number of piperazine rings is 1. The van der Waals surface area contributed by atoms with Crippen LogP contribution in [0.2, 0.25) is 0 Å². The Morgan fingerprint density at radius 1 is 1.00 bits per heavy atom. The molecule has 3 aliphatic heterocycles. The van der Waals surface area contributed by atoms with Gasteiger partial charge in [0, 0.05) is 78.1 Å². The van der Waals surface area contributed by atoms with Gasteiger partial charge in [0.1, 0.15) is 54.0 Å². The Morgan fingerprint density at radius 2 is 1.80 bits per heavy atom. The van der Waals surface area contributed by atoms with Crippen molar-refractivity contribution < 1.29 is 33.3 Å². The van der Waals surface area contributed by atoms with E-state index in [1.54, 1.807) is 31.3 Å². The molecule has 19 nitrogen and oxygen atoms in total. The van der Waals surface area contributed by atoms with Crippen LogP contribution in [0, 0.1) is 18.7 Å². The van der Waals surface area contributed by atoms with E-state index in [4.69, 9.17) is 35.0 Å². The van der Waals surface area contributed by atoms with Gasteiger partial charge in [-0.1, -0.05) is 62.4 Å². The highest BCUT2D eigenvalue weighted by atomic mass is 19.1. The number of carbonyl (C=O) groups excluding carboxylic acids is 2. The molecule has 11 rings (SSSR count). The number of hydrogen-bond acceptors (Lipinski definition) is 16. The predicted octanol–water partition coefficient (Wildman–Crippen LogP) is 7.49. The highest BCUT2D eigenvalue weighted by Crippen LogP contribution is 2.53. The average Bonchev–Trinajstić information content (AvgIpc) is 3.89. The minimum atomic E-state index is -0.838. The number of aliphatic imine (C=N–C) groups is 1. The number of aromatic nitrogens is 6. The van der Waals surface area contributed by atoms with E-state index in [-0.39, 0.29) is 66.9 Å². The van der Waals surface area contributed by atoms with Crippen molar-refractivity contribution in [3.63, 3.8) is 0 Å². The van der Waals surface area contributed by atoms with E-state index in [0.717, 1.165) is 82.5 Å². The Hall–Kier alpha value is -7.94. The van der Waals surface area contributed by atoms with Crippen molar-refractivity contribution in [1.82, 2.24) is 45.7 Å². The number of nitrogens with one attached hydrogen (secondary N) is 3. The van der Waals surface area contributed by atoms with Gasteiger partial charge < -0.3 is 45.6 Å². The summed E-state index contributed by atoms with van der Waals surface area (Å²) in [4.78, 5) is 55.6. The number of nitrogens with two attached hydrogens (primary N) is 1. The fourth-order valence-electron chi connectivity index (χ4n) is 11.5. The zero-order chi connectivity index (χ0) is 55.8. The topological polar surface area (TPSA) is 244 Å². The van der Waals surface area contributed by atoms with Gasteiger partial charge in [-0.25, -0.2) is 14.4 Å². The molecule has 2 amide bonds. The maximum absolute atomic E-state index is 16.1. The van der Waals surface area contributed by atoms with E-state index in [1.165, 1.54) is 18.6 Å². The average molecular weight is 1090 g/mol. The van der Waals surface area contributed by atoms with Crippen molar-refractivity contribution in [2.24, 2.45) is 21.9 Å². The summed E-state index contributed by atoms with van der Waals surface area (Å²) in [6, 6.07) is 19.0. The molecule has 4 aromatic carbocycles. The quantitative estimate of drug-likeness (QED) is 0.0282. The first-order valence-electron chi connectivity index (χ1n) is 27.6. The van der Waals surface area contributed by atoms with Gasteiger partial charge in [0.2, 0.25) is 11.8 Å². The molecule has 20 heteroatoms. The number of fused-ring (bicyclic) bond motifs is 4. The number of likely N-dealkylation sites (tertiary alicyclic amines) is 1. The number of aliphatic hydroxyl groups excluding tert-OH is 1. The Morgan fingerprint density at radius 3 is 2.48 bits per heavy atom. The lowest BCUT2D eigenvalue weighted by atomic mass is 9.88. The predicted molar refractivity (Wildman–Crippen MR) is 304 cm³/mol. The summed E-state index contributed by atoms with van der Waals surface area (Å²) < 4.78 is 35.4. The number of aromatic amines is 1. The number of hydrogen-bond donors (Lipinski definition) is 5. The molecular formula is C60H68FN13O6. The summed E-state index contributed by atoms with van der Waals surface area (Å²) in [5.74, 6) is 6.28. The van der Waals surface area contributed by atoms with Crippen LogP contribution >= 0.6 is 0 Å². The number of nitrogens with zero attached hydrogens (tertiary/aromatic N) is 9. The van der Waals surface area contributed by atoms with Gasteiger partial charge in [-0.05, 0) is 105 Å². The lowest BCUT2D eigenvalue weighted by Crippen LogP contribution is -2.50. The van der Waals surface area contributed by atoms with Crippen LogP contribution in [-0.2, 0) is 20.9 Å². The molecule has 1 aliphatic carbocycles. The van der Waals surface area contributed by atoms with Crippen molar-refractivity contribution in [2.75, 3.05) is 38.3 Å². The Labute approximate surface area is 463 Å². The van der Waals surface area contributed by atoms with Crippen LogP contribution in [0.15, 0.2) is 95.5 Å². The van der Waals surface area contributed by atoms with E-state index in [2.05, 4.69) is 46.9 Å². The maximum Gasteiger partial charge on any atom is 0.319 e. The van der Waals surface area contributed by atoms with Crippen molar-refractivity contribution in [1.29, 1.82) is 0 Å². The number of anilines is 1. The first-order chi connectivity index (χ1) is 38.8. The second-order valence-electron chi connectivity index (χ2n) is 21.9. The van der Waals surface area contributed by atoms with E-state index in [9.17, 15) is 14.7 Å². The molecule has 416 valence electrons. The second-order valence-corrected chi connectivity index (χ2v) is 21.9. The van der Waals surface area contributed by atoms with Gasteiger partial charge in [-0.15, -0.1) is 0 Å². The molecule has 0 unspecified atom stereocenters. The fraction of sp³-hybridized carbons (Fsp3) is 0.417. The number of benzene rings is 4. The molecule has 80 heavy (non-hydrogen) atoms. The molecule has 7 aromatic rings. The fourth-order valence-corrected chi connectivity index (χ4v) is 11.5. The highest BCUT2D eigenvalue weighted by Gasteiger charge is 2.42. The van der Waals surface area contributed by atoms with Gasteiger partial charge >= 0.3 is 6.01 Å². The molecule has 3 aromatic heterocycles. The molecular weight excluding hydrogens is 1020 g/mol. The standard InChI is InChI=1S/C60H68FN13O6/c1-32(2)54(59(77)73-21-7-8-51(73)58(76)68-50(29-75)40-17-15-38(16-18-40)47-19-20-63-31-66-47)65-27-49(71-62)39-11-9-36(10-12-39)30-79-56-53(52-33(3)46(61)24-48-45(52)26-67-72-48)43(37-13-14-37)23-44-55(56)69-60(80-35(5)34(4)78-6)70-57(44)74-28-41-22-42(74)25-64-41/h9-12,15-20,23-24,26-27,31-32,34-35,37,41-42,50-51,54,64,75H,7-8,13-14,21-22,25,28-30,62H2,1-6H3,(H,67,72)(H,68,76)/b65-27?,71-49+/t34-,35-,41+,42+,50+,51+,54+/m1/s1. The smallest absolute Gasteiger partial charge is 0.319 e. The first kappa shape index (κ1) is 54.0. The van der Waals surface area contributed by atoms with Crippen LogP contribution in [0.3, 0.4) is 0 Å². The Bertz CT molecular complexity index is 3460. The summed E-state index contributed by atoms with van der Waals surface area (Å²) in [5.41, 5.74) is 8.25. The number of rotatable bonds is 20. The Balaban J connectivity index is 0.863. The van der Waals surface area contributed by atoms with Crippen LogP contribution in [0.4, 0.5) is 10.2 Å². The number of carbonyl (C=O) groups is 2. The summed E-state index contributed by atoms with van der Waals surface area (Å²) in [7, 11) is 1.65. The van der Waals surface area contributed by atoms with Gasteiger partial charge in [-0.2, -0.15) is 20.2 Å². The second kappa shape index (κ2) is 23.0. The summed E-state index contributed by atoms with van der Waals surface area (Å²) in [6.45, 7) is 11.3. The summed E-state index contributed by atoms with van der Waals surface area (Å²) in [5, 5.41) is 30.0. The number of H-pyrrole nitrogens is 1. The van der Waals surface area contributed by atoms with Crippen LogP contribution < -0.4 is 30.8 Å². The molecule has 6 N–H and O–H groups in total. The number of methoxy groups -OCH3 is 1. The van der Waals surface area contributed by atoms with Gasteiger partial charge in [0.15, 0.2) is 5.75 Å². The van der Waals surface area contributed by atoms with Crippen molar-refractivity contribution >= 4 is 51.4 Å². The monoisotopic (exact) mass is 1090 g/mol. The van der Waals surface area contributed by atoms with Gasteiger partial charge in [-0.3, -0.25) is 19.7 Å². The third kappa shape index (κ3) is 10.8. The third-order valence-electron chi connectivity index (χ3n) is 16.3. The van der Waals surface area contributed by atoms with Crippen LogP contribution in [0.1, 0.15) is 99.6 Å². The molecule has 1 saturated carbocycles. The number of halogens is 1. The third-order valence-corrected chi connectivity index (χ3v) is 16.3. The molecule has 4 fully saturated rings. The number of aliphatic hydroxyl groups is 1. The molecule has 6 heterocycles. The first-order valence-corrected chi connectivity index (χ1v) is 27.6. The number of hydrazone groups is 1. The minimum Gasteiger partial charge on any atom is -0.486 e. The minimum absolute atomic E-state index is 0.109. The maximum atomic E-state index is 16.1. The molecule has 7 atom stereocenters. The lowest BCUT2D eigenvalue weighted by molar-refractivity contribution is -0.140. The van der Waals surface area contributed by atoms with Crippen LogP contribution in [0.25, 0.3) is 44.2 Å². The normalized spacial score (nSPS) is 19.8. The van der Waals surface area contributed by atoms with E-state index >= 15 is 4.39 Å². The molecule has 0 spiro atoms. The zero-order valence-electron chi connectivity index (χ0n) is 45.9. The number of ether oxygens (including phenoxy) is 3. The van der Waals surface area contributed by atoms with Gasteiger partial charge in [0.05, 0.1) is 42.4 Å². The van der Waals surface area contributed by atoms with E-state index < -0.39 is 18.1 Å². The van der Waals surface area contributed by atoms with Crippen molar-refractivity contribution in [3.8, 4) is 34.1 Å². The van der Waals surface area contributed by atoms with Crippen LogP contribution in [-0.4, -0.2) is 134 Å². The SMILES string of the molecule is CO[C@H](C)[C@@H](C)Oc1nc(N2C[C@@H]3C[C@H]2CN3)c2cc(C3CC3)c(-c3c(C)c(F)cc4[nH]ncc34)c(OCc3ccc(/C(C=N[C@H](C(=O)N4CCC[C@H]4C(=O)N[C@@H](CO)c4ccc(-c5ccncn5)cc4)C(C)C)=N/N)cc3)c2n1. The largest absolute Gasteiger partial charge is 0.486 e. The zero-order valence-corrected chi connectivity index (χ0v) is 45.9. The van der Waals surface area contributed by atoms with E-state index in [0.29, 0.717) is 64.6 Å². The number of amides is 2. The molecule has 3 saturated heterocycles. The highest BCUT2D eigenvalue weighted by molar-refractivity contribution is 6.38. The molecule has 0 radical (unpaired) electrons. The van der Waals surface area contributed by atoms with E-state index in [1.807, 2.05) is 82.3 Å². The molecule has 4 aliphatic rings. The molecule has 2 bridgehead atoms. The van der Waals surface area contributed by atoms with Crippen molar-refractivity contribution in [3.05, 3.63) is 119 Å². The van der Waals surface area contributed by atoms with Crippen LogP contribution in [0.5, 0.6) is 11.8 Å². The van der Waals surface area contributed by atoms with Crippen molar-refractivity contribution in [2.45, 2.75) is 122 Å². The lowest BCUT2D eigenvalue weighted by Gasteiger charge is -2.31.